The summed E-state index contributed by atoms with van der Waals surface area (Å²) in [6, 6.07) is 18.4. The second-order valence-electron chi connectivity index (χ2n) is 6.81. The molecule has 0 saturated heterocycles. The third kappa shape index (κ3) is 4.43. The highest BCUT2D eigenvalue weighted by Gasteiger charge is 2.38. The van der Waals surface area contributed by atoms with Crippen LogP contribution in [0.3, 0.4) is 0 Å². The second-order valence-corrected chi connectivity index (χ2v) is 6.81. The minimum atomic E-state index is -0.0267. The van der Waals surface area contributed by atoms with Gasteiger partial charge < -0.3 is 16.0 Å². The van der Waals surface area contributed by atoms with Gasteiger partial charge in [-0.25, -0.2) is 9.97 Å². The summed E-state index contributed by atoms with van der Waals surface area (Å²) in [7, 11) is 1.63. The summed E-state index contributed by atoms with van der Waals surface area (Å²) in [6.07, 6.45) is 2.89. The first-order chi connectivity index (χ1) is 13.7. The molecule has 0 bridgehead atoms. The van der Waals surface area contributed by atoms with Crippen molar-refractivity contribution < 1.29 is 4.79 Å². The molecule has 7 nitrogen and oxygen atoms in total. The number of aromatic nitrogens is 3. The van der Waals surface area contributed by atoms with Crippen LogP contribution in [0.1, 0.15) is 23.5 Å². The summed E-state index contributed by atoms with van der Waals surface area (Å²) in [5, 5.41) is 9.19. The number of hydrogen-bond acceptors (Lipinski definition) is 6. The van der Waals surface area contributed by atoms with Gasteiger partial charge in [0, 0.05) is 24.7 Å². The van der Waals surface area contributed by atoms with Gasteiger partial charge in [0.2, 0.25) is 17.8 Å². The zero-order valence-electron chi connectivity index (χ0n) is 15.6. The van der Waals surface area contributed by atoms with Gasteiger partial charge in [0.15, 0.2) is 0 Å². The van der Waals surface area contributed by atoms with E-state index in [2.05, 4.69) is 55.2 Å². The SMILES string of the molecule is CNC(=O)Cc1cccc(Nc2ncnc(NC3CC3c3ccccc3)n2)c1. The van der Waals surface area contributed by atoms with E-state index in [0.717, 1.165) is 17.7 Å². The lowest BCUT2D eigenvalue weighted by molar-refractivity contribution is -0.119. The Kier molecular flexibility index (Phi) is 5.14. The third-order valence-electron chi connectivity index (χ3n) is 4.73. The van der Waals surface area contributed by atoms with E-state index in [9.17, 15) is 4.79 Å². The van der Waals surface area contributed by atoms with Crippen LogP contribution >= 0.6 is 0 Å². The van der Waals surface area contributed by atoms with E-state index in [0.29, 0.717) is 30.3 Å². The van der Waals surface area contributed by atoms with Crippen molar-refractivity contribution in [3.05, 3.63) is 72.1 Å². The molecule has 2 aromatic carbocycles. The van der Waals surface area contributed by atoms with Crippen LogP contribution in [0.5, 0.6) is 0 Å². The van der Waals surface area contributed by atoms with E-state index < -0.39 is 0 Å². The van der Waals surface area contributed by atoms with Gasteiger partial charge in [-0.05, 0) is 29.7 Å². The number of benzene rings is 2. The van der Waals surface area contributed by atoms with Crippen LogP contribution in [0.2, 0.25) is 0 Å². The van der Waals surface area contributed by atoms with E-state index >= 15 is 0 Å². The predicted octanol–water partition coefficient (Wildman–Crippen LogP) is 2.87. The quantitative estimate of drug-likeness (QED) is 0.589. The van der Waals surface area contributed by atoms with Crippen molar-refractivity contribution in [2.24, 2.45) is 0 Å². The van der Waals surface area contributed by atoms with E-state index in [1.54, 1.807) is 7.05 Å². The highest BCUT2D eigenvalue weighted by molar-refractivity contribution is 5.78. The van der Waals surface area contributed by atoms with Crippen molar-refractivity contribution in [2.75, 3.05) is 17.7 Å². The summed E-state index contributed by atoms with van der Waals surface area (Å²) in [6.45, 7) is 0. The van der Waals surface area contributed by atoms with Crippen molar-refractivity contribution >= 4 is 23.5 Å². The van der Waals surface area contributed by atoms with Crippen molar-refractivity contribution in [2.45, 2.75) is 24.8 Å². The molecule has 1 saturated carbocycles. The molecule has 2 unspecified atom stereocenters. The van der Waals surface area contributed by atoms with Crippen molar-refractivity contribution in [1.82, 2.24) is 20.3 Å². The maximum atomic E-state index is 11.6. The summed E-state index contributed by atoms with van der Waals surface area (Å²) < 4.78 is 0. The summed E-state index contributed by atoms with van der Waals surface area (Å²) >= 11 is 0. The average molecular weight is 374 g/mol. The Labute approximate surface area is 163 Å². The highest BCUT2D eigenvalue weighted by atomic mass is 16.1. The topological polar surface area (TPSA) is 91.8 Å². The number of likely N-dealkylation sites (N-methyl/N-ethyl adjacent to an activating group) is 1. The van der Waals surface area contributed by atoms with E-state index in [1.165, 1.54) is 11.9 Å². The predicted molar refractivity (Wildman–Crippen MR) is 109 cm³/mol. The molecular formula is C21H22N6O. The van der Waals surface area contributed by atoms with Gasteiger partial charge in [0.1, 0.15) is 6.33 Å². The molecule has 1 fully saturated rings. The molecular weight excluding hydrogens is 352 g/mol. The molecule has 2 atom stereocenters. The minimum Gasteiger partial charge on any atom is -0.359 e. The van der Waals surface area contributed by atoms with Gasteiger partial charge in [-0.3, -0.25) is 4.79 Å². The molecule has 3 aromatic rings. The van der Waals surface area contributed by atoms with Crippen LogP contribution in [0.4, 0.5) is 17.6 Å². The number of carbonyl (C=O) groups excluding carboxylic acids is 1. The smallest absolute Gasteiger partial charge is 0.231 e. The number of nitrogens with zero attached hydrogens (tertiary/aromatic N) is 3. The largest absolute Gasteiger partial charge is 0.359 e. The first-order valence-corrected chi connectivity index (χ1v) is 9.28. The standard InChI is InChI=1S/C21H22N6O/c1-22-19(28)11-14-6-5-9-16(10-14)25-20-23-13-24-21(27-20)26-18-12-17(18)15-7-3-2-4-8-15/h2-10,13,17-18H,11-12H2,1H3,(H,22,28)(H2,23,24,25,26,27). The lowest BCUT2D eigenvalue weighted by Gasteiger charge is -2.09. The van der Waals surface area contributed by atoms with Crippen molar-refractivity contribution in [3.63, 3.8) is 0 Å². The van der Waals surface area contributed by atoms with Crippen LogP contribution in [0.15, 0.2) is 60.9 Å². The fraction of sp³-hybridized carbons (Fsp3) is 0.238. The Hall–Kier alpha value is -3.48. The Morgan fingerprint density at radius 3 is 2.71 bits per heavy atom. The Morgan fingerprint density at radius 1 is 1.07 bits per heavy atom. The molecule has 0 aliphatic heterocycles. The molecule has 1 aliphatic carbocycles. The van der Waals surface area contributed by atoms with Crippen LogP contribution in [-0.4, -0.2) is 33.9 Å². The molecule has 1 heterocycles. The fourth-order valence-electron chi connectivity index (χ4n) is 3.18. The van der Waals surface area contributed by atoms with E-state index in [1.807, 2.05) is 30.3 Å². The molecule has 0 radical (unpaired) electrons. The number of carbonyl (C=O) groups is 1. The number of rotatable bonds is 7. The zero-order chi connectivity index (χ0) is 19.3. The third-order valence-corrected chi connectivity index (χ3v) is 4.73. The Bertz CT molecular complexity index is 962. The van der Waals surface area contributed by atoms with Crippen LogP contribution in [0, 0.1) is 0 Å². The van der Waals surface area contributed by atoms with Gasteiger partial charge in [-0.1, -0.05) is 42.5 Å². The van der Waals surface area contributed by atoms with Crippen LogP contribution < -0.4 is 16.0 Å². The lowest BCUT2D eigenvalue weighted by Crippen LogP contribution is -2.19. The van der Waals surface area contributed by atoms with Crippen LogP contribution in [0.25, 0.3) is 0 Å². The van der Waals surface area contributed by atoms with Crippen molar-refractivity contribution in [1.29, 1.82) is 0 Å². The maximum absolute atomic E-state index is 11.6. The summed E-state index contributed by atoms with van der Waals surface area (Å²) in [4.78, 5) is 24.4. The Morgan fingerprint density at radius 2 is 1.89 bits per heavy atom. The molecule has 1 amide bonds. The molecule has 142 valence electrons. The number of nitrogens with one attached hydrogen (secondary N) is 3. The first-order valence-electron chi connectivity index (χ1n) is 9.28. The number of hydrogen-bond donors (Lipinski definition) is 3. The molecule has 0 spiro atoms. The van der Waals surface area contributed by atoms with Crippen LogP contribution in [-0.2, 0) is 11.2 Å². The number of anilines is 3. The fourth-order valence-corrected chi connectivity index (χ4v) is 3.18. The van der Waals surface area contributed by atoms with Gasteiger partial charge in [0.05, 0.1) is 6.42 Å². The maximum Gasteiger partial charge on any atom is 0.231 e. The summed E-state index contributed by atoms with van der Waals surface area (Å²) in [5.74, 6) is 1.49. The average Bonchev–Trinajstić information content (AvgIpc) is 3.48. The molecule has 1 aliphatic rings. The zero-order valence-corrected chi connectivity index (χ0v) is 15.6. The molecule has 7 heteroatoms. The molecule has 4 rings (SSSR count). The molecule has 1 aromatic heterocycles. The van der Waals surface area contributed by atoms with E-state index in [-0.39, 0.29) is 5.91 Å². The number of amides is 1. The van der Waals surface area contributed by atoms with E-state index in [4.69, 9.17) is 0 Å². The van der Waals surface area contributed by atoms with Gasteiger partial charge >= 0.3 is 0 Å². The minimum absolute atomic E-state index is 0.0267. The normalized spacial score (nSPS) is 17.6. The first kappa shape index (κ1) is 17.9. The highest BCUT2D eigenvalue weighted by Crippen LogP contribution is 2.42. The van der Waals surface area contributed by atoms with Gasteiger partial charge in [0.25, 0.3) is 0 Å². The summed E-state index contributed by atoms with van der Waals surface area (Å²) in [5.41, 5.74) is 3.08. The van der Waals surface area contributed by atoms with Gasteiger partial charge in [-0.15, -0.1) is 0 Å². The molecule has 28 heavy (non-hydrogen) atoms. The Balaban J connectivity index is 1.39. The monoisotopic (exact) mass is 374 g/mol. The second kappa shape index (κ2) is 8.04. The lowest BCUT2D eigenvalue weighted by atomic mass is 10.1. The van der Waals surface area contributed by atoms with Crippen molar-refractivity contribution in [3.8, 4) is 0 Å². The molecule has 3 N–H and O–H groups in total. The van der Waals surface area contributed by atoms with Gasteiger partial charge in [-0.2, -0.15) is 4.98 Å².